The minimum absolute atomic E-state index is 0.587. The normalized spacial score (nSPS) is 11.7. The molecular weight excluding hydrogens is 601 g/mol. The molecule has 0 aliphatic carbocycles. The minimum Gasteiger partial charge on any atom is -0.454 e. The molecule has 0 saturated carbocycles. The van der Waals surface area contributed by atoms with E-state index >= 15 is 0 Å². The standard InChI is InChI=1S/C45H28N2O2/c1-4-11-29(12-5-1)32-15-10-18-35(27-32)47(34-16-8-3-9-17-34)36-22-23-37-33(28-36)20-19-30-21-25-39-42(41(30)37)38-24-26-40-43(44(38)48-39)46-45(49-40)31-13-6-2-7-14-31/h1-28H. The number of para-hydroxylation sites is 1. The maximum absolute atomic E-state index is 6.57. The molecule has 0 spiro atoms. The zero-order chi connectivity index (χ0) is 32.3. The summed E-state index contributed by atoms with van der Waals surface area (Å²) in [7, 11) is 0. The van der Waals surface area contributed by atoms with Crippen LogP contribution in [0.15, 0.2) is 179 Å². The van der Waals surface area contributed by atoms with Gasteiger partial charge in [-0.3, -0.25) is 0 Å². The van der Waals surface area contributed by atoms with Gasteiger partial charge in [-0.25, -0.2) is 4.98 Å². The average molecular weight is 629 g/mol. The van der Waals surface area contributed by atoms with Gasteiger partial charge in [-0.15, -0.1) is 0 Å². The Bertz CT molecular complexity index is 2820. The number of furan rings is 1. The Morgan fingerprint density at radius 1 is 0.408 bits per heavy atom. The summed E-state index contributed by atoms with van der Waals surface area (Å²) in [6.07, 6.45) is 0. The SMILES string of the molecule is c1ccc(-c2cccc(N(c3ccccc3)c3ccc4c(ccc5ccc6oc7c(ccc8oc(-c9ccccc9)nc87)c6c54)c3)c2)cc1. The predicted molar refractivity (Wildman–Crippen MR) is 202 cm³/mol. The van der Waals surface area contributed by atoms with Gasteiger partial charge in [-0.1, -0.05) is 103 Å². The van der Waals surface area contributed by atoms with Crippen LogP contribution in [0, 0.1) is 0 Å². The van der Waals surface area contributed by atoms with Crippen LogP contribution in [0.5, 0.6) is 0 Å². The number of nitrogens with zero attached hydrogens (tertiary/aromatic N) is 2. The molecule has 230 valence electrons. The Labute approximate surface area is 282 Å². The number of aromatic nitrogens is 1. The lowest BCUT2D eigenvalue weighted by atomic mass is 9.97. The molecule has 0 saturated heterocycles. The summed E-state index contributed by atoms with van der Waals surface area (Å²) in [6.45, 7) is 0. The van der Waals surface area contributed by atoms with E-state index in [0.717, 1.165) is 60.9 Å². The Hall–Kier alpha value is -6.65. The molecule has 0 unspecified atom stereocenters. The molecule has 0 bridgehead atoms. The summed E-state index contributed by atoms with van der Waals surface area (Å²) in [5.41, 5.74) is 9.62. The number of anilines is 3. The third kappa shape index (κ3) is 4.49. The van der Waals surface area contributed by atoms with Gasteiger partial charge < -0.3 is 13.7 Å². The first kappa shape index (κ1) is 27.5. The molecule has 0 radical (unpaired) electrons. The summed E-state index contributed by atoms with van der Waals surface area (Å²) < 4.78 is 12.7. The smallest absolute Gasteiger partial charge is 0.227 e. The molecule has 0 fully saturated rings. The van der Waals surface area contributed by atoms with Crippen LogP contribution in [-0.2, 0) is 0 Å². The molecule has 2 heterocycles. The molecule has 0 amide bonds. The molecule has 10 rings (SSSR count). The molecular formula is C45H28N2O2. The first-order chi connectivity index (χ1) is 24.3. The second kappa shape index (κ2) is 11.0. The fraction of sp³-hybridized carbons (Fsp3) is 0. The van der Waals surface area contributed by atoms with Crippen molar-refractivity contribution in [3.05, 3.63) is 170 Å². The molecule has 2 aromatic heterocycles. The van der Waals surface area contributed by atoms with E-state index in [1.54, 1.807) is 0 Å². The fourth-order valence-corrected chi connectivity index (χ4v) is 7.18. The van der Waals surface area contributed by atoms with Crippen LogP contribution in [0.3, 0.4) is 0 Å². The van der Waals surface area contributed by atoms with Crippen LogP contribution >= 0.6 is 0 Å². The van der Waals surface area contributed by atoms with Gasteiger partial charge in [-0.2, -0.15) is 0 Å². The Balaban J connectivity index is 1.16. The topological polar surface area (TPSA) is 42.4 Å². The van der Waals surface area contributed by atoms with Gasteiger partial charge >= 0.3 is 0 Å². The van der Waals surface area contributed by atoms with E-state index < -0.39 is 0 Å². The van der Waals surface area contributed by atoms with Crippen molar-refractivity contribution in [2.24, 2.45) is 0 Å². The third-order valence-electron chi connectivity index (χ3n) is 9.45. The summed E-state index contributed by atoms with van der Waals surface area (Å²) >= 11 is 0. The zero-order valence-electron chi connectivity index (χ0n) is 26.4. The molecule has 4 nitrogen and oxygen atoms in total. The predicted octanol–water partition coefficient (Wildman–Crippen LogP) is 12.8. The average Bonchev–Trinajstić information content (AvgIpc) is 3.78. The highest BCUT2D eigenvalue weighted by molar-refractivity contribution is 6.28. The molecule has 0 aliphatic rings. The van der Waals surface area contributed by atoms with E-state index in [9.17, 15) is 0 Å². The number of oxazole rings is 1. The molecule has 8 aromatic carbocycles. The monoisotopic (exact) mass is 628 g/mol. The zero-order valence-corrected chi connectivity index (χ0v) is 26.4. The van der Waals surface area contributed by atoms with Crippen molar-refractivity contribution < 1.29 is 8.83 Å². The maximum Gasteiger partial charge on any atom is 0.227 e. The second-order valence-electron chi connectivity index (χ2n) is 12.4. The van der Waals surface area contributed by atoms with Crippen molar-refractivity contribution in [3.8, 4) is 22.6 Å². The number of fused-ring (bicyclic) bond motifs is 9. The lowest BCUT2D eigenvalue weighted by Crippen LogP contribution is -2.09. The summed E-state index contributed by atoms with van der Waals surface area (Å²) in [4.78, 5) is 7.23. The highest BCUT2D eigenvalue weighted by Crippen LogP contribution is 2.43. The lowest BCUT2D eigenvalue weighted by Gasteiger charge is -2.26. The lowest BCUT2D eigenvalue weighted by molar-refractivity contribution is 0.620. The first-order valence-corrected chi connectivity index (χ1v) is 16.5. The van der Waals surface area contributed by atoms with Crippen molar-refractivity contribution in [2.45, 2.75) is 0 Å². The third-order valence-corrected chi connectivity index (χ3v) is 9.45. The molecule has 10 aromatic rings. The van der Waals surface area contributed by atoms with Crippen LogP contribution in [-0.4, -0.2) is 4.98 Å². The van der Waals surface area contributed by atoms with Crippen molar-refractivity contribution >= 4 is 71.6 Å². The van der Waals surface area contributed by atoms with Crippen LogP contribution in [0.2, 0.25) is 0 Å². The van der Waals surface area contributed by atoms with Crippen LogP contribution in [0.4, 0.5) is 17.1 Å². The highest BCUT2D eigenvalue weighted by Gasteiger charge is 2.20. The molecule has 49 heavy (non-hydrogen) atoms. The first-order valence-electron chi connectivity index (χ1n) is 16.5. The van der Waals surface area contributed by atoms with E-state index in [4.69, 9.17) is 13.8 Å². The van der Waals surface area contributed by atoms with Crippen molar-refractivity contribution in [1.82, 2.24) is 4.98 Å². The van der Waals surface area contributed by atoms with E-state index in [0.29, 0.717) is 11.5 Å². The number of rotatable bonds is 5. The van der Waals surface area contributed by atoms with Crippen LogP contribution < -0.4 is 4.90 Å². The molecule has 0 atom stereocenters. The van der Waals surface area contributed by atoms with E-state index in [2.05, 4.69) is 138 Å². The van der Waals surface area contributed by atoms with Gasteiger partial charge in [-0.05, 0) is 94.0 Å². The van der Waals surface area contributed by atoms with Gasteiger partial charge in [0.1, 0.15) is 5.58 Å². The van der Waals surface area contributed by atoms with Gasteiger partial charge in [0.2, 0.25) is 5.89 Å². The van der Waals surface area contributed by atoms with Gasteiger partial charge in [0.05, 0.1) is 0 Å². The van der Waals surface area contributed by atoms with Crippen molar-refractivity contribution in [3.63, 3.8) is 0 Å². The van der Waals surface area contributed by atoms with E-state index in [1.165, 1.54) is 21.9 Å². The van der Waals surface area contributed by atoms with E-state index in [-0.39, 0.29) is 0 Å². The fourth-order valence-electron chi connectivity index (χ4n) is 7.18. The summed E-state index contributed by atoms with van der Waals surface area (Å²) in [6, 6.07) is 59.4. The van der Waals surface area contributed by atoms with E-state index in [1.807, 2.05) is 36.4 Å². The highest BCUT2D eigenvalue weighted by atomic mass is 16.4. The quantitative estimate of drug-likeness (QED) is 0.178. The largest absolute Gasteiger partial charge is 0.454 e. The Morgan fingerprint density at radius 2 is 1.04 bits per heavy atom. The Kier molecular flexibility index (Phi) is 6.15. The summed E-state index contributed by atoms with van der Waals surface area (Å²) in [5, 5.41) is 6.78. The molecule has 0 N–H and O–H groups in total. The second-order valence-corrected chi connectivity index (χ2v) is 12.4. The van der Waals surface area contributed by atoms with Crippen molar-refractivity contribution in [2.75, 3.05) is 4.90 Å². The van der Waals surface area contributed by atoms with Crippen LogP contribution in [0.1, 0.15) is 0 Å². The van der Waals surface area contributed by atoms with Crippen molar-refractivity contribution in [1.29, 1.82) is 0 Å². The number of hydrogen-bond acceptors (Lipinski definition) is 4. The number of hydrogen-bond donors (Lipinski definition) is 0. The number of benzene rings is 8. The minimum atomic E-state index is 0.587. The van der Waals surface area contributed by atoms with Gasteiger partial charge in [0.15, 0.2) is 16.7 Å². The van der Waals surface area contributed by atoms with Crippen LogP contribution in [0.25, 0.3) is 77.2 Å². The van der Waals surface area contributed by atoms with Gasteiger partial charge in [0.25, 0.3) is 0 Å². The Morgan fingerprint density at radius 3 is 1.86 bits per heavy atom. The molecule has 0 aliphatic heterocycles. The summed E-state index contributed by atoms with van der Waals surface area (Å²) in [5.74, 6) is 0.587. The van der Waals surface area contributed by atoms with Gasteiger partial charge in [0, 0.05) is 38.8 Å². The molecule has 4 heteroatoms. The maximum atomic E-state index is 6.57.